The van der Waals surface area contributed by atoms with Crippen molar-refractivity contribution < 1.29 is 44.8 Å². The molecule has 3 heteroatoms. The zero-order valence-electron chi connectivity index (χ0n) is 33.5. The molecule has 0 unspecified atom stereocenters. The van der Waals surface area contributed by atoms with Gasteiger partial charge in [0.05, 0.1) is 7.92 Å². The predicted molar refractivity (Wildman–Crippen MR) is 258 cm³/mol. The summed E-state index contributed by atoms with van der Waals surface area (Å²) in [5, 5.41) is 4.31. The van der Waals surface area contributed by atoms with Gasteiger partial charge in [-0.15, -0.1) is 35.4 Å². The van der Waals surface area contributed by atoms with Gasteiger partial charge in [0.25, 0.3) is 0 Å². The minimum absolute atomic E-state index is 0. The van der Waals surface area contributed by atoms with Gasteiger partial charge in [-0.2, -0.15) is 0 Å². The Labute approximate surface area is 403 Å². The third-order valence-corrected chi connectivity index (χ3v) is 12.2. The minimum atomic E-state index is -0.877. The molecule has 0 aromatic heterocycles. The fraction of sp³-hybridized carbons (Fsp3) is 0.0339. The van der Waals surface area contributed by atoms with Crippen molar-refractivity contribution in [1.82, 2.24) is 0 Å². The van der Waals surface area contributed by atoms with Crippen molar-refractivity contribution in [2.75, 3.05) is 0 Å². The first-order chi connectivity index (χ1) is 28.7. The monoisotopic (exact) mass is 1180 g/mol. The normalized spacial score (nSPS) is 9.53. The van der Waals surface area contributed by atoms with Gasteiger partial charge in [-0.1, -0.05) is 159 Å². The summed E-state index contributed by atoms with van der Waals surface area (Å²) in [4.78, 5) is 0. The molecular formula is C59H45Au2P-. The molecule has 0 fully saturated rings. The molecule has 309 valence electrons. The molecule has 0 nitrogen and oxygen atoms in total. The smallest absolute Gasteiger partial charge is 0.366 e. The van der Waals surface area contributed by atoms with Crippen LogP contribution in [0, 0.1) is 55.8 Å². The molecule has 0 heterocycles. The van der Waals surface area contributed by atoms with Crippen molar-refractivity contribution >= 4 is 23.8 Å². The van der Waals surface area contributed by atoms with Gasteiger partial charge >= 0.3 is 22.4 Å². The van der Waals surface area contributed by atoms with Crippen LogP contribution in [-0.4, -0.2) is 0 Å². The number of hydrogen-bond donors (Lipinski definition) is 0. The Morgan fingerprint density at radius 1 is 0.355 bits per heavy atom. The van der Waals surface area contributed by atoms with Crippen LogP contribution in [-0.2, 0) is 51.2 Å². The van der Waals surface area contributed by atoms with E-state index in [4.69, 9.17) is 12.8 Å². The summed E-state index contributed by atoms with van der Waals surface area (Å²) in [7, 11) is -0.877. The van der Waals surface area contributed by atoms with E-state index >= 15 is 0 Å². The van der Waals surface area contributed by atoms with Crippen molar-refractivity contribution in [2.24, 2.45) is 0 Å². The summed E-state index contributed by atoms with van der Waals surface area (Å²) in [6, 6.07) is 72.4. The first kappa shape index (κ1) is 50.3. The summed E-state index contributed by atoms with van der Waals surface area (Å²) in [6.07, 6.45) is 15.0. The van der Waals surface area contributed by atoms with Crippen LogP contribution in [0.2, 0.25) is 0 Å². The molecule has 0 saturated carbocycles. The molecule has 8 aromatic rings. The SMILES string of the molecule is C.[Au+].[Au].[C-]#Cc1ccc(C#Cc2ccc3c(c2)Cc2ccccc2-3)cc1.[C-]#Cc1ccc(C#Cc2ccccc2)cc1.[CH3-].c1ccc([PH+](c2ccccc2)c2ccccc2)cc1. The summed E-state index contributed by atoms with van der Waals surface area (Å²) < 4.78 is 0. The maximum Gasteiger partial charge on any atom is 1.00 e. The van der Waals surface area contributed by atoms with E-state index in [0.29, 0.717) is 0 Å². The van der Waals surface area contributed by atoms with Crippen LogP contribution in [0.25, 0.3) is 11.1 Å². The van der Waals surface area contributed by atoms with Gasteiger partial charge in [0.2, 0.25) is 0 Å². The van der Waals surface area contributed by atoms with E-state index in [0.717, 1.165) is 39.8 Å². The quantitative estimate of drug-likeness (QED) is 0.0716. The van der Waals surface area contributed by atoms with Gasteiger partial charge in [-0.25, -0.2) is 0 Å². The van der Waals surface area contributed by atoms with Gasteiger partial charge in [0.1, 0.15) is 15.9 Å². The van der Waals surface area contributed by atoms with Gasteiger partial charge in [-0.05, 0) is 89.3 Å². The van der Waals surface area contributed by atoms with Crippen LogP contribution >= 0.6 is 7.92 Å². The molecular weight excluding hydrogens is 1130 g/mol. The van der Waals surface area contributed by atoms with Crippen molar-refractivity contribution in [2.45, 2.75) is 13.8 Å². The Morgan fingerprint density at radius 3 is 1.11 bits per heavy atom. The maximum atomic E-state index is 7.09. The van der Waals surface area contributed by atoms with Crippen LogP contribution in [0.1, 0.15) is 51.9 Å². The van der Waals surface area contributed by atoms with E-state index in [2.05, 4.69) is 169 Å². The second-order valence-electron chi connectivity index (χ2n) is 13.4. The van der Waals surface area contributed by atoms with Crippen LogP contribution in [0.5, 0.6) is 0 Å². The zero-order chi connectivity index (χ0) is 39.8. The number of rotatable bonds is 3. The number of hydrogen-bond acceptors (Lipinski definition) is 0. The Bertz CT molecular complexity index is 2700. The molecule has 0 aliphatic heterocycles. The average Bonchev–Trinajstić information content (AvgIpc) is 3.68. The second-order valence-corrected chi connectivity index (χ2v) is 15.9. The van der Waals surface area contributed by atoms with Gasteiger partial charge in [0.15, 0.2) is 0 Å². The maximum absolute atomic E-state index is 7.09. The Morgan fingerprint density at radius 2 is 0.677 bits per heavy atom. The first-order valence-corrected chi connectivity index (χ1v) is 20.6. The molecule has 0 atom stereocenters. The van der Waals surface area contributed by atoms with E-state index in [1.807, 2.05) is 78.9 Å². The molecule has 0 bridgehead atoms. The first-order valence-electron chi connectivity index (χ1n) is 19.1. The van der Waals surface area contributed by atoms with Gasteiger partial charge < -0.3 is 20.3 Å². The van der Waals surface area contributed by atoms with Crippen molar-refractivity contribution in [3.63, 3.8) is 0 Å². The molecule has 9 rings (SSSR count). The third kappa shape index (κ3) is 14.0. The van der Waals surface area contributed by atoms with E-state index in [1.54, 1.807) is 0 Å². The topological polar surface area (TPSA) is 0 Å². The largest absolute Gasteiger partial charge is 1.00 e. The van der Waals surface area contributed by atoms with E-state index in [9.17, 15) is 0 Å². The van der Waals surface area contributed by atoms with Crippen LogP contribution in [0.15, 0.2) is 212 Å². The minimum Gasteiger partial charge on any atom is -0.366 e. The molecule has 1 radical (unpaired) electrons. The standard InChI is InChI=1S/C23H13.C18H15P.C16H9.CH4.CH3.2Au/c1-2-17-7-9-18(10-8-17)11-12-19-13-14-23-21(15-19)16-20-5-3-4-6-22(20)23;1-4-10-16(11-5-1)19(17-12-6-2-7-13-17)18-14-8-3-9-15-18;1-2-14-8-10-16(11-9-14)13-12-15-6-4-3-5-7-15;;;;/h3-10,13-15H,16H2;1-15H;3-11H;1H4;1H3;;/q-1;;-1;;-1;;+1/p+1. The molecule has 1 aliphatic rings. The summed E-state index contributed by atoms with van der Waals surface area (Å²) >= 11 is 0. The van der Waals surface area contributed by atoms with Crippen molar-refractivity contribution in [3.8, 4) is 46.6 Å². The fourth-order valence-corrected chi connectivity index (χ4v) is 9.20. The molecule has 8 aromatic carbocycles. The molecule has 0 N–H and O–H groups in total. The second kappa shape index (κ2) is 26.3. The van der Waals surface area contributed by atoms with E-state index in [-0.39, 0.29) is 59.6 Å². The van der Waals surface area contributed by atoms with Crippen LogP contribution < -0.4 is 15.9 Å². The number of fused-ring (bicyclic) bond motifs is 3. The van der Waals surface area contributed by atoms with E-state index < -0.39 is 7.92 Å². The Balaban J connectivity index is 0.000000244. The molecule has 1 aliphatic carbocycles. The molecule has 0 saturated heterocycles. The Kier molecular flexibility index (Phi) is 21.3. The Hall–Kier alpha value is -6.09. The van der Waals surface area contributed by atoms with E-state index in [1.165, 1.54) is 38.2 Å². The summed E-state index contributed by atoms with van der Waals surface area (Å²) in [5.74, 6) is 17.3. The summed E-state index contributed by atoms with van der Waals surface area (Å²) in [6.45, 7) is 0. The third-order valence-electron chi connectivity index (χ3n) is 9.52. The fourth-order valence-electron chi connectivity index (χ4n) is 6.62. The average molecular weight is 1180 g/mol. The van der Waals surface area contributed by atoms with Crippen molar-refractivity contribution in [3.05, 3.63) is 277 Å². The molecule has 62 heavy (non-hydrogen) atoms. The zero-order valence-corrected chi connectivity index (χ0v) is 38.9. The number of benzene rings is 8. The van der Waals surface area contributed by atoms with Crippen LogP contribution in [0.4, 0.5) is 0 Å². The van der Waals surface area contributed by atoms with Gasteiger partial charge in [0, 0.05) is 44.6 Å². The predicted octanol–water partition coefficient (Wildman–Crippen LogP) is 11.9. The summed E-state index contributed by atoms with van der Waals surface area (Å²) in [5.41, 5.74) is 10.9. The molecule has 0 amide bonds. The van der Waals surface area contributed by atoms with Crippen molar-refractivity contribution in [1.29, 1.82) is 0 Å². The van der Waals surface area contributed by atoms with Crippen LogP contribution in [0.3, 0.4) is 0 Å². The molecule has 0 spiro atoms. The van der Waals surface area contributed by atoms with Gasteiger partial charge in [-0.3, -0.25) is 11.8 Å².